The Morgan fingerprint density at radius 3 is 1.33 bits per heavy atom. The fraction of sp³-hybridized carbons (Fsp3) is 0. The van der Waals surface area contributed by atoms with Gasteiger partial charge in [-0.1, -0.05) is 46.4 Å². The maximum absolute atomic E-state index is 6.47. The number of furan rings is 2. The third-order valence-corrected chi connectivity index (χ3v) is 6.39. The summed E-state index contributed by atoms with van der Waals surface area (Å²) in [4.78, 5) is 0. The normalized spacial score (nSPS) is 12.0. The molecule has 0 aliphatic heterocycles. The van der Waals surface area contributed by atoms with E-state index in [1.807, 2.05) is 60.7 Å². The summed E-state index contributed by atoms with van der Waals surface area (Å²) in [6.07, 6.45) is 0. The van der Waals surface area contributed by atoms with Crippen molar-refractivity contribution in [3.05, 3.63) is 80.8 Å². The minimum atomic E-state index is 0.609. The number of rotatable bonds is 1. The SMILES string of the molecule is Clc1ccc2c(c1)c(Cl)cc1cc(-c3cc4cc(Cl)c5cc(Cl)ccc5c4o3)oc12. The van der Waals surface area contributed by atoms with Gasteiger partial charge >= 0.3 is 0 Å². The highest BCUT2D eigenvalue weighted by molar-refractivity contribution is 6.39. The lowest BCUT2D eigenvalue weighted by molar-refractivity contribution is 0.572. The van der Waals surface area contributed by atoms with E-state index in [1.54, 1.807) is 0 Å². The average Bonchev–Trinajstić information content (AvgIpc) is 3.32. The second-order valence-electron chi connectivity index (χ2n) is 7.15. The molecule has 4 aromatic carbocycles. The Bertz CT molecular complexity index is 1520. The Morgan fingerprint density at radius 2 is 0.900 bits per heavy atom. The van der Waals surface area contributed by atoms with Gasteiger partial charge in [0.2, 0.25) is 0 Å². The van der Waals surface area contributed by atoms with Crippen LogP contribution in [0.5, 0.6) is 0 Å². The van der Waals surface area contributed by atoms with Crippen LogP contribution in [0.25, 0.3) is 55.0 Å². The van der Waals surface area contributed by atoms with E-state index in [0.29, 0.717) is 31.6 Å². The molecule has 0 unspecified atom stereocenters. The molecule has 2 heterocycles. The van der Waals surface area contributed by atoms with Crippen LogP contribution < -0.4 is 0 Å². The second kappa shape index (κ2) is 6.57. The van der Waals surface area contributed by atoms with Gasteiger partial charge in [0.15, 0.2) is 11.5 Å². The van der Waals surface area contributed by atoms with E-state index in [1.165, 1.54) is 0 Å². The van der Waals surface area contributed by atoms with Gasteiger partial charge in [-0.15, -0.1) is 0 Å². The Labute approximate surface area is 190 Å². The van der Waals surface area contributed by atoms with Crippen LogP contribution in [0, 0.1) is 0 Å². The van der Waals surface area contributed by atoms with Gasteiger partial charge in [-0.25, -0.2) is 0 Å². The Morgan fingerprint density at radius 1 is 0.467 bits per heavy atom. The van der Waals surface area contributed by atoms with Crippen molar-refractivity contribution in [1.29, 1.82) is 0 Å². The first kappa shape index (κ1) is 18.4. The Balaban J connectivity index is 1.61. The van der Waals surface area contributed by atoms with Crippen molar-refractivity contribution in [2.24, 2.45) is 0 Å². The summed E-state index contributed by atoms with van der Waals surface area (Å²) < 4.78 is 12.4. The fourth-order valence-corrected chi connectivity index (χ4v) is 4.83. The zero-order valence-corrected chi connectivity index (χ0v) is 18.1. The third-order valence-electron chi connectivity index (χ3n) is 5.30. The number of benzene rings is 4. The number of hydrogen-bond donors (Lipinski definition) is 0. The molecule has 30 heavy (non-hydrogen) atoms. The van der Waals surface area contributed by atoms with Gasteiger partial charge < -0.3 is 8.83 Å². The van der Waals surface area contributed by atoms with Gasteiger partial charge in [-0.3, -0.25) is 0 Å². The van der Waals surface area contributed by atoms with E-state index in [0.717, 1.165) is 43.5 Å². The van der Waals surface area contributed by atoms with Crippen LogP contribution in [0.4, 0.5) is 0 Å². The van der Waals surface area contributed by atoms with Gasteiger partial charge in [0.05, 0.1) is 0 Å². The molecule has 2 aromatic heterocycles. The summed E-state index contributed by atoms with van der Waals surface area (Å²) in [6.45, 7) is 0. The van der Waals surface area contributed by atoms with Crippen molar-refractivity contribution >= 4 is 89.9 Å². The van der Waals surface area contributed by atoms with Gasteiger partial charge in [0, 0.05) is 52.4 Å². The summed E-state index contributed by atoms with van der Waals surface area (Å²) >= 11 is 25.2. The van der Waals surface area contributed by atoms with Crippen molar-refractivity contribution < 1.29 is 8.83 Å². The van der Waals surface area contributed by atoms with Crippen molar-refractivity contribution in [2.75, 3.05) is 0 Å². The molecule has 6 aromatic rings. The van der Waals surface area contributed by atoms with Gasteiger partial charge in [0.1, 0.15) is 11.2 Å². The lowest BCUT2D eigenvalue weighted by atomic mass is 10.1. The standard InChI is InChI=1S/C24H10Cl4O2/c25-13-1-3-15-17(9-13)19(27)5-11-7-21(29-23(11)15)22-8-12-6-20(28)18-10-14(26)2-4-16(18)24(12)30-22/h1-10H. The van der Waals surface area contributed by atoms with E-state index in [4.69, 9.17) is 55.2 Å². The van der Waals surface area contributed by atoms with E-state index in [2.05, 4.69) is 0 Å². The van der Waals surface area contributed by atoms with Gasteiger partial charge in [-0.05, 0) is 60.7 Å². The van der Waals surface area contributed by atoms with Crippen molar-refractivity contribution in [2.45, 2.75) is 0 Å². The lowest BCUT2D eigenvalue weighted by Gasteiger charge is -2.02. The molecule has 0 saturated heterocycles. The quantitative estimate of drug-likeness (QED) is 0.238. The van der Waals surface area contributed by atoms with Crippen molar-refractivity contribution in [1.82, 2.24) is 0 Å². The highest BCUT2D eigenvalue weighted by Gasteiger charge is 2.17. The van der Waals surface area contributed by atoms with Crippen LogP contribution in [0.15, 0.2) is 69.5 Å². The van der Waals surface area contributed by atoms with E-state index >= 15 is 0 Å². The molecule has 0 saturated carbocycles. The molecule has 0 bridgehead atoms. The number of halogens is 4. The van der Waals surface area contributed by atoms with Crippen molar-refractivity contribution in [3.8, 4) is 11.5 Å². The third kappa shape index (κ3) is 2.72. The van der Waals surface area contributed by atoms with Crippen LogP contribution in [0.3, 0.4) is 0 Å². The summed E-state index contributed by atoms with van der Waals surface area (Å²) in [5.41, 5.74) is 1.47. The van der Waals surface area contributed by atoms with E-state index in [-0.39, 0.29) is 0 Å². The first-order valence-electron chi connectivity index (χ1n) is 9.11. The zero-order chi connectivity index (χ0) is 20.6. The molecule has 0 atom stereocenters. The largest absolute Gasteiger partial charge is 0.452 e. The first-order valence-corrected chi connectivity index (χ1v) is 10.6. The predicted octanol–water partition coefficient (Wildman–Crippen LogP) is 9.77. The van der Waals surface area contributed by atoms with E-state index in [9.17, 15) is 0 Å². The lowest BCUT2D eigenvalue weighted by Crippen LogP contribution is -1.76. The average molecular weight is 472 g/mol. The van der Waals surface area contributed by atoms with Crippen LogP contribution in [0.1, 0.15) is 0 Å². The van der Waals surface area contributed by atoms with Crippen LogP contribution in [-0.4, -0.2) is 0 Å². The maximum Gasteiger partial charge on any atom is 0.170 e. The zero-order valence-electron chi connectivity index (χ0n) is 15.1. The molecule has 6 heteroatoms. The molecule has 0 spiro atoms. The van der Waals surface area contributed by atoms with Crippen LogP contribution in [0.2, 0.25) is 20.1 Å². The number of fused-ring (bicyclic) bond motifs is 6. The minimum Gasteiger partial charge on any atom is -0.452 e. The molecular weight excluding hydrogens is 462 g/mol. The Hall–Kier alpha value is -2.36. The monoisotopic (exact) mass is 470 g/mol. The summed E-state index contributed by atoms with van der Waals surface area (Å²) in [5, 5.41) is 7.74. The number of hydrogen-bond acceptors (Lipinski definition) is 2. The molecule has 0 aliphatic carbocycles. The molecule has 0 radical (unpaired) electrons. The topological polar surface area (TPSA) is 26.3 Å². The van der Waals surface area contributed by atoms with Crippen LogP contribution in [-0.2, 0) is 0 Å². The smallest absolute Gasteiger partial charge is 0.170 e. The highest BCUT2D eigenvalue weighted by Crippen LogP contribution is 2.41. The highest BCUT2D eigenvalue weighted by atomic mass is 35.5. The maximum atomic E-state index is 6.47. The molecule has 6 rings (SSSR count). The predicted molar refractivity (Wildman–Crippen MR) is 126 cm³/mol. The molecular formula is C24H10Cl4O2. The summed E-state index contributed by atoms with van der Waals surface area (Å²) in [5.74, 6) is 1.22. The minimum absolute atomic E-state index is 0.609. The first-order chi connectivity index (χ1) is 14.5. The Kier molecular flexibility index (Phi) is 4.03. The second-order valence-corrected chi connectivity index (χ2v) is 8.84. The molecule has 2 nitrogen and oxygen atoms in total. The van der Waals surface area contributed by atoms with Crippen LogP contribution >= 0.6 is 46.4 Å². The molecule has 0 amide bonds. The molecule has 0 N–H and O–H groups in total. The van der Waals surface area contributed by atoms with Gasteiger partial charge in [-0.2, -0.15) is 0 Å². The molecule has 0 aliphatic rings. The van der Waals surface area contributed by atoms with Crippen molar-refractivity contribution in [3.63, 3.8) is 0 Å². The summed E-state index contributed by atoms with van der Waals surface area (Å²) in [7, 11) is 0. The fourth-order valence-electron chi connectivity index (χ4n) is 3.94. The molecule has 146 valence electrons. The van der Waals surface area contributed by atoms with Gasteiger partial charge in [0.25, 0.3) is 0 Å². The summed E-state index contributed by atoms with van der Waals surface area (Å²) in [6, 6.07) is 18.7. The molecule has 0 fully saturated rings. The van der Waals surface area contributed by atoms with E-state index < -0.39 is 0 Å².